The summed E-state index contributed by atoms with van der Waals surface area (Å²) in [4.78, 5) is 23.7. The average Bonchev–Trinajstić information content (AvgIpc) is 2.73. The first-order valence-electron chi connectivity index (χ1n) is 7.99. The molecule has 0 spiro atoms. The van der Waals surface area contributed by atoms with Crippen molar-refractivity contribution in [3.8, 4) is 0 Å². The average molecular weight is 298 g/mol. The number of urea groups is 1. The standard InChI is InChI=1S/C15H26N2O4/c18-13(19)15(7-3-1-2-4-8-15)17-14(20)16-11-12-5-9-21-10-6-12/h12H,1-11H2,(H,18,19)(H2,16,17,20). The summed E-state index contributed by atoms with van der Waals surface area (Å²) in [5.41, 5.74) is -1.09. The smallest absolute Gasteiger partial charge is 0.329 e. The van der Waals surface area contributed by atoms with Gasteiger partial charge in [-0.1, -0.05) is 25.7 Å². The summed E-state index contributed by atoms with van der Waals surface area (Å²) in [5, 5.41) is 15.1. The number of carboxylic acids is 1. The van der Waals surface area contributed by atoms with Gasteiger partial charge in [-0.3, -0.25) is 0 Å². The Balaban J connectivity index is 1.84. The molecule has 1 aliphatic heterocycles. The number of carbonyl (C=O) groups excluding carboxylic acids is 1. The van der Waals surface area contributed by atoms with Crippen LogP contribution in [0.3, 0.4) is 0 Å². The van der Waals surface area contributed by atoms with Gasteiger partial charge in [0.05, 0.1) is 0 Å². The lowest BCUT2D eigenvalue weighted by atomic mass is 9.90. The minimum atomic E-state index is -1.09. The molecule has 0 aromatic rings. The molecule has 2 aliphatic rings. The van der Waals surface area contributed by atoms with Gasteiger partial charge in [-0.25, -0.2) is 9.59 Å². The van der Waals surface area contributed by atoms with Crippen molar-refractivity contribution in [2.75, 3.05) is 19.8 Å². The van der Waals surface area contributed by atoms with Gasteiger partial charge in [-0.15, -0.1) is 0 Å². The molecule has 0 aromatic carbocycles. The Kier molecular flexibility index (Phi) is 5.85. The van der Waals surface area contributed by atoms with Crippen LogP contribution < -0.4 is 10.6 Å². The Morgan fingerprint density at radius 1 is 1.10 bits per heavy atom. The summed E-state index contributed by atoms with van der Waals surface area (Å²) >= 11 is 0. The van der Waals surface area contributed by atoms with Gasteiger partial charge in [0.2, 0.25) is 0 Å². The number of ether oxygens (including phenoxy) is 1. The van der Waals surface area contributed by atoms with Gasteiger partial charge in [-0.2, -0.15) is 0 Å². The monoisotopic (exact) mass is 298 g/mol. The molecule has 1 heterocycles. The molecule has 3 N–H and O–H groups in total. The molecule has 0 unspecified atom stereocenters. The van der Waals surface area contributed by atoms with Crippen molar-refractivity contribution in [1.29, 1.82) is 0 Å². The molecule has 0 aromatic heterocycles. The van der Waals surface area contributed by atoms with Gasteiger partial charge in [0.25, 0.3) is 0 Å². The predicted molar refractivity (Wildman–Crippen MR) is 78.1 cm³/mol. The quantitative estimate of drug-likeness (QED) is 0.692. The lowest BCUT2D eigenvalue weighted by Crippen LogP contribution is -2.57. The Hall–Kier alpha value is -1.30. The number of hydrogen-bond acceptors (Lipinski definition) is 3. The van der Waals surface area contributed by atoms with Crippen LogP contribution in [0.1, 0.15) is 51.4 Å². The second-order valence-electron chi connectivity index (χ2n) is 6.19. The van der Waals surface area contributed by atoms with E-state index in [0.717, 1.165) is 51.7 Å². The van der Waals surface area contributed by atoms with Gasteiger partial charge < -0.3 is 20.5 Å². The SMILES string of the molecule is O=C(NCC1CCOCC1)NC1(C(=O)O)CCCCCC1. The van der Waals surface area contributed by atoms with Crippen molar-refractivity contribution < 1.29 is 19.4 Å². The molecule has 21 heavy (non-hydrogen) atoms. The maximum absolute atomic E-state index is 12.1. The third kappa shape index (κ3) is 4.59. The molecule has 6 nitrogen and oxygen atoms in total. The van der Waals surface area contributed by atoms with Crippen LogP contribution in [0.25, 0.3) is 0 Å². The highest BCUT2D eigenvalue weighted by Crippen LogP contribution is 2.27. The van der Waals surface area contributed by atoms with E-state index in [4.69, 9.17) is 4.74 Å². The fraction of sp³-hybridized carbons (Fsp3) is 0.867. The summed E-state index contributed by atoms with van der Waals surface area (Å²) in [6.07, 6.45) is 6.73. The number of carbonyl (C=O) groups is 2. The normalized spacial score (nSPS) is 23.0. The van der Waals surface area contributed by atoms with Gasteiger partial charge in [0, 0.05) is 19.8 Å². The van der Waals surface area contributed by atoms with E-state index in [1.54, 1.807) is 0 Å². The lowest BCUT2D eigenvalue weighted by molar-refractivity contribution is -0.145. The van der Waals surface area contributed by atoms with Crippen LogP contribution in [0.2, 0.25) is 0 Å². The van der Waals surface area contributed by atoms with Crippen LogP contribution in [0, 0.1) is 5.92 Å². The van der Waals surface area contributed by atoms with Crippen LogP contribution in [0.15, 0.2) is 0 Å². The maximum Gasteiger partial charge on any atom is 0.329 e. The molecule has 6 heteroatoms. The minimum Gasteiger partial charge on any atom is -0.480 e. The molecule has 1 aliphatic carbocycles. The summed E-state index contributed by atoms with van der Waals surface area (Å²) in [5.74, 6) is -0.481. The summed E-state index contributed by atoms with van der Waals surface area (Å²) in [7, 11) is 0. The largest absolute Gasteiger partial charge is 0.480 e. The highest BCUT2D eigenvalue weighted by atomic mass is 16.5. The molecular weight excluding hydrogens is 272 g/mol. The molecule has 2 amide bonds. The number of hydrogen-bond donors (Lipinski definition) is 3. The van der Waals surface area contributed by atoms with E-state index in [1.165, 1.54) is 0 Å². The maximum atomic E-state index is 12.1. The van der Waals surface area contributed by atoms with E-state index < -0.39 is 11.5 Å². The number of aliphatic carboxylic acids is 1. The van der Waals surface area contributed by atoms with Crippen molar-refractivity contribution in [3.05, 3.63) is 0 Å². The molecular formula is C15H26N2O4. The Labute approximate surface area is 125 Å². The lowest BCUT2D eigenvalue weighted by Gasteiger charge is -2.30. The molecule has 120 valence electrons. The third-order valence-corrected chi connectivity index (χ3v) is 4.61. The first kappa shape index (κ1) is 16.1. The van der Waals surface area contributed by atoms with Crippen LogP contribution in [-0.4, -0.2) is 42.4 Å². The highest BCUT2D eigenvalue weighted by molar-refractivity contribution is 5.86. The van der Waals surface area contributed by atoms with Crippen molar-refractivity contribution in [2.24, 2.45) is 5.92 Å². The van der Waals surface area contributed by atoms with Crippen molar-refractivity contribution >= 4 is 12.0 Å². The molecule has 0 radical (unpaired) electrons. The predicted octanol–water partition coefficient (Wildman–Crippen LogP) is 1.89. The molecule has 0 bridgehead atoms. The van der Waals surface area contributed by atoms with Crippen molar-refractivity contribution in [3.63, 3.8) is 0 Å². The van der Waals surface area contributed by atoms with E-state index in [1.807, 2.05) is 0 Å². The molecule has 2 fully saturated rings. The first-order valence-corrected chi connectivity index (χ1v) is 7.99. The third-order valence-electron chi connectivity index (χ3n) is 4.61. The van der Waals surface area contributed by atoms with E-state index >= 15 is 0 Å². The van der Waals surface area contributed by atoms with Gasteiger partial charge >= 0.3 is 12.0 Å². The van der Waals surface area contributed by atoms with Gasteiger partial charge in [-0.05, 0) is 31.6 Å². The van der Waals surface area contributed by atoms with Gasteiger partial charge in [0.1, 0.15) is 5.54 Å². The zero-order valence-electron chi connectivity index (χ0n) is 12.5. The van der Waals surface area contributed by atoms with E-state index in [2.05, 4.69) is 10.6 Å². The summed E-state index contributed by atoms with van der Waals surface area (Å²) < 4.78 is 5.28. The Morgan fingerprint density at radius 3 is 2.29 bits per heavy atom. The summed E-state index contributed by atoms with van der Waals surface area (Å²) in [6, 6.07) is -0.356. The van der Waals surface area contributed by atoms with Crippen LogP contribution in [0.5, 0.6) is 0 Å². The topological polar surface area (TPSA) is 87.7 Å². The zero-order valence-corrected chi connectivity index (χ0v) is 12.5. The van der Waals surface area contributed by atoms with E-state index in [-0.39, 0.29) is 6.03 Å². The van der Waals surface area contributed by atoms with Crippen molar-refractivity contribution in [1.82, 2.24) is 10.6 Å². The fourth-order valence-corrected chi connectivity index (χ4v) is 3.17. The minimum absolute atomic E-state index is 0.356. The van der Waals surface area contributed by atoms with Crippen LogP contribution in [0.4, 0.5) is 4.79 Å². The zero-order chi connectivity index (χ0) is 15.1. The number of amides is 2. The Bertz CT molecular complexity index is 359. The molecule has 1 saturated heterocycles. The highest BCUT2D eigenvalue weighted by Gasteiger charge is 2.40. The van der Waals surface area contributed by atoms with Gasteiger partial charge in [0.15, 0.2) is 0 Å². The number of rotatable bonds is 4. The second-order valence-corrected chi connectivity index (χ2v) is 6.19. The number of nitrogens with one attached hydrogen (secondary N) is 2. The number of carboxylic acid groups (broad SMARTS) is 1. The molecule has 2 rings (SSSR count). The first-order chi connectivity index (χ1) is 10.1. The fourth-order valence-electron chi connectivity index (χ4n) is 3.17. The van der Waals surface area contributed by atoms with Crippen LogP contribution >= 0.6 is 0 Å². The van der Waals surface area contributed by atoms with E-state index in [9.17, 15) is 14.7 Å². The van der Waals surface area contributed by atoms with Crippen molar-refractivity contribution in [2.45, 2.75) is 56.9 Å². The Morgan fingerprint density at radius 2 is 1.71 bits per heavy atom. The van der Waals surface area contributed by atoms with Crippen LogP contribution in [-0.2, 0) is 9.53 Å². The van der Waals surface area contributed by atoms with E-state index in [0.29, 0.717) is 25.3 Å². The second kappa shape index (κ2) is 7.64. The summed E-state index contributed by atoms with van der Waals surface area (Å²) in [6.45, 7) is 2.07. The molecule has 0 atom stereocenters. The molecule has 1 saturated carbocycles.